The summed E-state index contributed by atoms with van der Waals surface area (Å²) in [5.41, 5.74) is 4.71. The summed E-state index contributed by atoms with van der Waals surface area (Å²) < 4.78 is 26.4. The Hall–Kier alpha value is -2.87. The molecule has 0 unspecified atom stereocenters. The summed E-state index contributed by atoms with van der Waals surface area (Å²) in [6.07, 6.45) is 2.14. The van der Waals surface area contributed by atoms with Gasteiger partial charge in [0.05, 0.1) is 11.9 Å². The molecule has 7 nitrogen and oxygen atoms in total. The third-order valence-corrected chi connectivity index (χ3v) is 7.46. The Kier molecular flexibility index (Phi) is 10.3. The van der Waals surface area contributed by atoms with Crippen LogP contribution in [0.4, 0.5) is 5.69 Å². The fourth-order valence-corrected chi connectivity index (χ4v) is 5.02. The van der Waals surface area contributed by atoms with E-state index in [2.05, 4.69) is 5.32 Å². The van der Waals surface area contributed by atoms with Gasteiger partial charge in [-0.1, -0.05) is 37.3 Å². The molecule has 0 heterocycles. The predicted octanol–water partition coefficient (Wildman–Crippen LogP) is 4.10. The molecule has 8 heteroatoms. The maximum absolute atomic E-state index is 13.4. The molecule has 35 heavy (non-hydrogen) atoms. The second kappa shape index (κ2) is 12.7. The molecule has 0 spiro atoms. The van der Waals surface area contributed by atoms with Crippen molar-refractivity contribution in [2.45, 2.75) is 66.5 Å². The van der Waals surface area contributed by atoms with Crippen LogP contribution in [0.3, 0.4) is 0 Å². The molecule has 2 amide bonds. The second-order valence-corrected chi connectivity index (χ2v) is 10.9. The van der Waals surface area contributed by atoms with Crippen molar-refractivity contribution in [1.82, 2.24) is 10.2 Å². The molecule has 0 fully saturated rings. The molecule has 0 aliphatic heterocycles. The van der Waals surface area contributed by atoms with E-state index in [1.165, 1.54) is 10.6 Å². The lowest BCUT2D eigenvalue weighted by atomic mass is 10.1. The smallest absolute Gasteiger partial charge is 0.242 e. The highest BCUT2D eigenvalue weighted by Crippen LogP contribution is 2.22. The molecule has 0 aliphatic rings. The van der Waals surface area contributed by atoms with Gasteiger partial charge in [0.2, 0.25) is 21.8 Å². The van der Waals surface area contributed by atoms with Gasteiger partial charge < -0.3 is 10.2 Å². The van der Waals surface area contributed by atoms with E-state index in [4.69, 9.17) is 0 Å². The molecule has 0 saturated heterocycles. The summed E-state index contributed by atoms with van der Waals surface area (Å²) in [6, 6.07) is 12.8. The Balaban J connectivity index is 2.23. The third kappa shape index (κ3) is 7.82. The first-order valence-corrected chi connectivity index (χ1v) is 14.0. The van der Waals surface area contributed by atoms with Gasteiger partial charge in [-0.3, -0.25) is 13.9 Å². The summed E-state index contributed by atoms with van der Waals surface area (Å²) in [6.45, 7) is 10.6. The number of hydrogen-bond donors (Lipinski definition) is 1. The van der Waals surface area contributed by atoms with Crippen LogP contribution in [0, 0.1) is 20.8 Å². The van der Waals surface area contributed by atoms with E-state index in [0.29, 0.717) is 31.6 Å². The topological polar surface area (TPSA) is 86.8 Å². The van der Waals surface area contributed by atoms with Gasteiger partial charge in [-0.15, -0.1) is 0 Å². The number of nitrogens with zero attached hydrogens (tertiary/aromatic N) is 2. The van der Waals surface area contributed by atoms with E-state index in [1.54, 1.807) is 11.0 Å². The lowest BCUT2D eigenvalue weighted by molar-refractivity contribution is -0.141. The van der Waals surface area contributed by atoms with Gasteiger partial charge in [0, 0.05) is 26.1 Å². The molecule has 1 atom stereocenters. The molecule has 1 N–H and O–H groups in total. The number of hydrogen-bond acceptors (Lipinski definition) is 4. The highest BCUT2D eigenvalue weighted by atomic mass is 32.2. The number of nitrogens with one attached hydrogen (secondary N) is 1. The molecule has 0 bridgehead atoms. The lowest BCUT2D eigenvalue weighted by Crippen LogP contribution is -2.49. The first kappa shape index (κ1) is 28.4. The first-order chi connectivity index (χ1) is 16.5. The van der Waals surface area contributed by atoms with E-state index in [9.17, 15) is 18.0 Å². The second-order valence-electron chi connectivity index (χ2n) is 8.97. The van der Waals surface area contributed by atoms with Crippen LogP contribution in [0.25, 0.3) is 0 Å². The molecule has 0 aliphatic carbocycles. The van der Waals surface area contributed by atoms with Crippen molar-refractivity contribution in [3.63, 3.8) is 0 Å². The van der Waals surface area contributed by atoms with Gasteiger partial charge in [0.25, 0.3) is 0 Å². The van der Waals surface area contributed by atoms with E-state index in [0.717, 1.165) is 22.3 Å². The molecule has 2 aromatic rings. The lowest BCUT2D eigenvalue weighted by Gasteiger charge is -2.31. The van der Waals surface area contributed by atoms with Gasteiger partial charge in [-0.25, -0.2) is 8.42 Å². The number of anilines is 1. The molecule has 2 rings (SSSR count). The number of aryl methyl sites for hydroxylation is 3. The summed E-state index contributed by atoms with van der Waals surface area (Å²) >= 11 is 0. The average molecular weight is 502 g/mol. The van der Waals surface area contributed by atoms with Crippen LogP contribution in [0.15, 0.2) is 42.5 Å². The van der Waals surface area contributed by atoms with Gasteiger partial charge in [0.15, 0.2) is 0 Å². The van der Waals surface area contributed by atoms with Crippen LogP contribution in [0.2, 0.25) is 0 Å². The molecule has 2 aromatic carbocycles. The van der Waals surface area contributed by atoms with Crippen LogP contribution in [0.5, 0.6) is 0 Å². The molecule has 0 aromatic heterocycles. The van der Waals surface area contributed by atoms with Gasteiger partial charge in [-0.2, -0.15) is 0 Å². The van der Waals surface area contributed by atoms with E-state index in [1.807, 2.05) is 71.0 Å². The SMILES string of the molecule is CCNC(=O)[C@@H](CC)N(Cc1ccccc1C)C(=O)CCCN(c1ccc(C)c(C)c1)S(C)(=O)=O. The normalized spacial score (nSPS) is 12.2. The van der Waals surface area contributed by atoms with Crippen molar-refractivity contribution in [2.24, 2.45) is 0 Å². The molecule has 192 valence electrons. The first-order valence-electron chi connectivity index (χ1n) is 12.2. The van der Waals surface area contributed by atoms with Crippen molar-refractivity contribution in [1.29, 1.82) is 0 Å². The maximum atomic E-state index is 13.4. The fourth-order valence-electron chi connectivity index (χ4n) is 4.07. The van der Waals surface area contributed by atoms with Crippen molar-refractivity contribution >= 4 is 27.5 Å². The Labute approximate surface area is 210 Å². The highest BCUT2D eigenvalue weighted by Gasteiger charge is 2.29. The minimum Gasteiger partial charge on any atom is -0.355 e. The Morgan fingerprint density at radius 3 is 2.23 bits per heavy atom. The van der Waals surface area contributed by atoms with E-state index >= 15 is 0 Å². The number of amides is 2. The van der Waals surface area contributed by atoms with Crippen molar-refractivity contribution in [3.8, 4) is 0 Å². The number of sulfonamides is 1. The quantitative estimate of drug-likeness (QED) is 0.474. The van der Waals surface area contributed by atoms with Crippen molar-refractivity contribution in [2.75, 3.05) is 23.7 Å². The monoisotopic (exact) mass is 501 g/mol. The molecule has 0 saturated carbocycles. The number of carbonyl (C=O) groups is 2. The van der Waals surface area contributed by atoms with E-state index < -0.39 is 16.1 Å². The van der Waals surface area contributed by atoms with E-state index in [-0.39, 0.29) is 24.8 Å². The minimum absolute atomic E-state index is 0.138. The average Bonchev–Trinajstić information content (AvgIpc) is 2.79. The minimum atomic E-state index is -3.52. The zero-order chi connectivity index (χ0) is 26.2. The summed E-state index contributed by atoms with van der Waals surface area (Å²) in [7, 11) is -3.52. The number of likely N-dealkylation sites (N-methyl/N-ethyl adjacent to an activating group) is 1. The van der Waals surface area contributed by atoms with Crippen LogP contribution in [0.1, 0.15) is 55.4 Å². The predicted molar refractivity (Wildman–Crippen MR) is 142 cm³/mol. The highest BCUT2D eigenvalue weighted by molar-refractivity contribution is 7.92. The zero-order valence-corrected chi connectivity index (χ0v) is 22.6. The number of rotatable bonds is 12. The third-order valence-electron chi connectivity index (χ3n) is 6.27. The molecular formula is C27H39N3O4S. The maximum Gasteiger partial charge on any atom is 0.242 e. The van der Waals surface area contributed by atoms with Crippen LogP contribution in [-0.4, -0.2) is 50.5 Å². The van der Waals surface area contributed by atoms with Gasteiger partial charge in [-0.05, 0) is 74.9 Å². The Bertz CT molecular complexity index is 1130. The van der Waals surface area contributed by atoms with Gasteiger partial charge >= 0.3 is 0 Å². The van der Waals surface area contributed by atoms with Crippen LogP contribution in [-0.2, 0) is 26.2 Å². The Morgan fingerprint density at radius 2 is 1.66 bits per heavy atom. The fraction of sp³-hybridized carbons (Fsp3) is 0.481. The Morgan fingerprint density at radius 1 is 0.971 bits per heavy atom. The standard InChI is InChI=1S/C27H39N3O4S/c1-7-25(27(32)28-8-2)29(19-23-13-10-9-12-21(23)4)26(31)14-11-17-30(35(6,33)34)24-16-15-20(3)22(5)18-24/h9-10,12-13,15-16,18,25H,7-8,11,14,17,19H2,1-6H3,(H,28,32)/t25-/m1/s1. The summed E-state index contributed by atoms with van der Waals surface area (Å²) in [4.78, 5) is 27.8. The number of carbonyl (C=O) groups excluding carboxylic acids is 2. The van der Waals surface area contributed by atoms with Crippen LogP contribution < -0.4 is 9.62 Å². The largest absolute Gasteiger partial charge is 0.355 e. The van der Waals surface area contributed by atoms with Crippen molar-refractivity contribution in [3.05, 3.63) is 64.7 Å². The van der Waals surface area contributed by atoms with Crippen molar-refractivity contribution < 1.29 is 18.0 Å². The zero-order valence-electron chi connectivity index (χ0n) is 21.8. The van der Waals surface area contributed by atoms with Crippen LogP contribution >= 0.6 is 0 Å². The van der Waals surface area contributed by atoms with Gasteiger partial charge in [0.1, 0.15) is 6.04 Å². The molecular weight excluding hydrogens is 462 g/mol. The summed E-state index contributed by atoms with van der Waals surface area (Å²) in [5, 5.41) is 2.84. The summed E-state index contributed by atoms with van der Waals surface area (Å²) in [5.74, 6) is -0.343. The molecule has 0 radical (unpaired) electrons. The number of benzene rings is 2.